The highest BCUT2D eigenvalue weighted by molar-refractivity contribution is 5.98. The number of unbranched alkanes of at least 4 members (excludes halogenated alkanes) is 5. The monoisotopic (exact) mass is 1010 g/mol. The van der Waals surface area contributed by atoms with E-state index in [-0.39, 0.29) is 49.9 Å². The van der Waals surface area contributed by atoms with Crippen molar-refractivity contribution in [3.05, 3.63) is 0 Å². The van der Waals surface area contributed by atoms with Crippen LogP contribution in [0.25, 0.3) is 0 Å². The Morgan fingerprint density at radius 2 is 0.873 bits per heavy atom. The average molecular weight is 1010 g/mol. The Labute approximate surface area is 421 Å². The Morgan fingerprint density at radius 1 is 0.465 bits per heavy atom. The van der Waals surface area contributed by atoms with E-state index in [0.717, 1.165) is 38.5 Å². The van der Waals surface area contributed by atoms with Crippen molar-refractivity contribution < 1.29 is 62.9 Å². The lowest BCUT2D eigenvalue weighted by atomic mass is 9.98. The standard InChI is InChI=1S/C51H89N7O13/c1-28(2)19-17-15-13-14-16-18-20-34-26-40(59)52-35(21-22-41(60)61)45(64)53-36(23-29(3)4)46(65)54-37(24-30(5)6)48(67)57-43(32(9)10)50(69)56-39(27-42(62)63)47(66)55-38(25-31(7)8)49(68)58-44(33(11)12)51(70)71-34/h28-39,43-44H,13-27H2,1-12H3,(H,52,59)(H,53,64)(H,54,65)(H,55,66)(H,56,69)(H,57,67)(H,58,68)(H,60,61)(H,62,63)/t34?,35-,36+,37?,38-,39+,43+,44+/m1/s1. The zero-order chi connectivity index (χ0) is 54.1. The maximum atomic E-state index is 14.1. The third-order valence-electron chi connectivity index (χ3n) is 12.0. The van der Waals surface area contributed by atoms with E-state index in [1.165, 1.54) is 0 Å². The molecule has 0 radical (unpaired) electrons. The van der Waals surface area contributed by atoms with Crippen LogP contribution in [-0.2, 0) is 52.7 Å². The van der Waals surface area contributed by atoms with Gasteiger partial charge in [-0.3, -0.25) is 43.2 Å². The molecule has 0 spiro atoms. The van der Waals surface area contributed by atoms with Gasteiger partial charge in [-0.1, -0.05) is 122 Å². The molecule has 20 heteroatoms. The number of hydrogen-bond donors (Lipinski definition) is 9. The molecule has 71 heavy (non-hydrogen) atoms. The van der Waals surface area contributed by atoms with E-state index in [1.54, 1.807) is 69.2 Å². The summed E-state index contributed by atoms with van der Waals surface area (Å²) in [7, 11) is 0. The van der Waals surface area contributed by atoms with E-state index < -0.39 is 139 Å². The zero-order valence-corrected chi connectivity index (χ0v) is 44.6. The third kappa shape index (κ3) is 26.1. The van der Waals surface area contributed by atoms with Crippen LogP contribution in [0, 0.1) is 35.5 Å². The molecule has 9 N–H and O–H groups in total. The first-order valence-electron chi connectivity index (χ1n) is 25.9. The topological polar surface area (TPSA) is 305 Å². The lowest BCUT2D eigenvalue weighted by Gasteiger charge is -2.29. The molecule has 1 heterocycles. The van der Waals surface area contributed by atoms with Gasteiger partial charge in [-0.2, -0.15) is 0 Å². The molecule has 8 atom stereocenters. The number of carbonyl (C=O) groups is 10. The number of hydrogen-bond acceptors (Lipinski definition) is 11. The lowest BCUT2D eigenvalue weighted by Crippen LogP contribution is -2.61. The van der Waals surface area contributed by atoms with E-state index in [2.05, 4.69) is 51.1 Å². The Balaban J connectivity index is 3.95. The van der Waals surface area contributed by atoms with Gasteiger partial charge in [-0.15, -0.1) is 0 Å². The summed E-state index contributed by atoms with van der Waals surface area (Å²) in [5.74, 6) is -10.6. The van der Waals surface area contributed by atoms with Crippen LogP contribution in [0.15, 0.2) is 0 Å². The summed E-state index contributed by atoms with van der Waals surface area (Å²) in [4.78, 5) is 136. The summed E-state index contributed by atoms with van der Waals surface area (Å²) < 4.78 is 5.99. The first-order chi connectivity index (χ1) is 33.1. The van der Waals surface area contributed by atoms with Crippen molar-refractivity contribution in [1.82, 2.24) is 37.2 Å². The molecule has 0 saturated carbocycles. The predicted molar refractivity (Wildman–Crippen MR) is 267 cm³/mol. The number of cyclic esters (lactones) is 1. The minimum absolute atomic E-state index is 0.0354. The SMILES string of the molecule is CC(C)CCCCCCCCC1CC(=O)N[C@H](CCC(=O)O)C(=O)N[C@@H](CC(C)C)C(=O)NC(CC(C)C)C(=O)N[C@@H](C(C)C)C(=O)N[C@@H](CC(=O)O)C(=O)N[C@H](CC(C)C)C(=O)N[C@@H](C(C)C)C(=O)O1. The van der Waals surface area contributed by atoms with Crippen LogP contribution in [-0.4, -0.2) is 118 Å². The van der Waals surface area contributed by atoms with Crippen molar-refractivity contribution in [2.45, 2.75) is 228 Å². The van der Waals surface area contributed by atoms with Crippen LogP contribution in [0.1, 0.15) is 179 Å². The maximum Gasteiger partial charge on any atom is 0.329 e. The molecule has 1 aliphatic heterocycles. The highest BCUT2D eigenvalue weighted by Gasteiger charge is 2.37. The summed E-state index contributed by atoms with van der Waals surface area (Å²) in [6, 6.07) is -9.67. The minimum Gasteiger partial charge on any atom is -0.481 e. The summed E-state index contributed by atoms with van der Waals surface area (Å²) in [5.41, 5.74) is 0. The normalized spacial score (nSPS) is 24.4. The van der Waals surface area contributed by atoms with Crippen LogP contribution in [0.4, 0.5) is 0 Å². The third-order valence-corrected chi connectivity index (χ3v) is 12.0. The molecule has 0 bridgehead atoms. The van der Waals surface area contributed by atoms with E-state index in [9.17, 15) is 58.2 Å². The quantitative estimate of drug-likeness (QED) is 0.0542. The highest BCUT2D eigenvalue weighted by atomic mass is 16.5. The summed E-state index contributed by atoms with van der Waals surface area (Å²) in [6.07, 6.45) is 3.68. The van der Waals surface area contributed by atoms with Gasteiger partial charge in [-0.25, -0.2) is 4.79 Å². The number of rotatable bonds is 22. The van der Waals surface area contributed by atoms with E-state index >= 15 is 0 Å². The molecule has 0 aliphatic carbocycles. The van der Waals surface area contributed by atoms with Gasteiger partial charge in [0.25, 0.3) is 0 Å². The molecule has 2 unspecified atom stereocenters. The summed E-state index contributed by atoms with van der Waals surface area (Å²) >= 11 is 0. The van der Waals surface area contributed by atoms with E-state index in [0.29, 0.717) is 12.3 Å². The largest absolute Gasteiger partial charge is 0.481 e. The second-order valence-electron chi connectivity index (χ2n) is 21.6. The van der Waals surface area contributed by atoms with Gasteiger partial charge < -0.3 is 52.2 Å². The van der Waals surface area contributed by atoms with Crippen LogP contribution < -0.4 is 37.2 Å². The van der Waals surface area contributed by atoms with Gasteiger partial charge in [0.05, 0.1) is 12.8 Å². The second kappa shape index (κ2) is 32.6. The molecule has 0 aromatic carbocycles. The van der Waals surface area contributed by atoms with Crippen LogP contribution in [0.5, 0.6) is 0 Å². The first kappa shape index (κ1) is 63.7. The molecule has 1 rings (SSSR count). The molecular formula is C51H89N7O13. The van der Waals surface area contributed by atoms with Crippen molar-refractivity contribution in [2.24, 2.45) is 35.5 Å². The van der Waals surface area contributed by atoms with Gasteiger partial charge in [0.2, 0.25) is 41.4 Å². The van der Waals surface area contributed by atoms with Crippen LogP contribution in [0.3, 0.4) is 0 Å². The number of carboxylic acid groups (broad SMARTS) is 2. The summed E-state index contributed by atoms with van der Waals surface area (Å²) in [5, 5.41) is 37.7. The molecule has 1 saturated heterocycles. The van der Waals surface area contributed by atoms with Gasteiger partial charge >= 0.3 is 17.9 Å². The van der Waals surface area contributed by atoms with Crippen molar-refractivity contribution in [1.29, 1.82) is 0 Å². The minimum atomic E-state index is -1.72. The predicted octanol–water partition coefficient (Wildman–Crippen LogP) is 4.26. The van der Waals surface area contributed by atoms with E-state index in [4.69, 9.17) is 4.74 Å². The van der Waals surface area contributed by atoms with Crippen molar-refractivity contribution in [2.75, 3.05) is 0 Å². The Hall–Kier alpha value is -5.30. The molecule has 1 fully saturated rings. The fourth-order valence-corrected chi connectivity index (χ4v) is 8.18. The number of carbonyl (C=O) groups excluding carboxylic acids is 8. The van der Waals surface area contributed by atoms with Crippen LogP contribution in [0.2, 0.25) is 0 Å². The molecule has 0 aromatic heterocycles. The van der Waals surface area contributed by atoms with Crippen LogP contribution >= 0.6 is 0 Å². The van der Waals surface area contributed by atoms with Gasteiger partial charge in [0.15, 0.2) is 0 Å². The Bertz CT molecular complexity index is 1770. The van der Waals surface area contributed by atoms with Gasteiger partial charge in [0, 0.05) is 6.42 Å². The number of amides is 7. The lowest BCUT2D eigenvalue weighted by molar-refractivity contribution is -0.156. The van der Waals surface area contributed by atoms with Crippen molar-refractivity contribution in [3.8, 4) is 0 Å². The fraction of sp³-hybridized carbons (Fsp3) is 0.804. The van der Waals surface area contributed by atoms with E-state index in [1.807, 2.05) is 0 Å². The van der Waals surface area contributed by atoms with Gasteiger partial charge in [0.1, 0.15) is 48.4 Å². The number of esters is 1. The number of nitrogens with one attached hydrogen (secondary N) is 7. The second-order valence-corrected chi connectivity index (χ2v) is 21.6. The number of carboxylic acids is 2. The molecule has 7 amide bonds. The molecule has 0 aromatic rings. The molecule has 406 valence electrons. The highest BCUT2D eigenvalue weighted by Crippen LogP contribution is 2.19. The average Bonchev–Trinajstić information content (AvgIpc) is 3.24. The fourth-order valence-electron chi connectivity index (χ4n) is 8.18. The first-order valence-corrected chi connectivity index (χ1v) is 25.9. The Kier molecular flexibility index (Phi) is 29.3. The maximum absolute atomic E-state index is 14.1. The zero-order valence-electron chi connectivity index (χ0n) is 44.6. The van der Waals surface area contributed by atoms with Crippen molar-refractivity contribution >= 4 is 59.3 Å². The molecule has 20 nitrogen and oxygen atoms in total. The molecular weight excluding hydrogens is 919 g/mol. The summed E-state index contributed by atoms with van der Waals surface area (Å²) in [6.45, 7) is 21.6. The van der Waals surface area contributed by atoms with Gasteiger partial charge in [-0.05, 0) is 74.0 Å². The Morgan fingerprint density at radius 3 is 1.31 bits per heavy atom. The smallest absolute Gasteiger partial charge is 0.329 e. The number of aliphatic carboxylic acids is 2. The number of ether oxygens (including phenoxy) is 1. The van der Waals surface area contributed by atoms with Crippen molar-refractivity contribution in [3.63, 3.8) is 0 Å². The molecule has 1 aliphatic rings.